The van der Waals surface area contributed by atoms with E-state index in [2.05, 4.69) is 20.7 Å². The zero-order valence-electron chi connectivity index (χ0n) is 17.4. The van der Waals surface area contributed by atoms with Gasteiger partial charge in [0.25, 0.3) is 5.91 Å². The Morgan fingerprint density at radius 2 is 1.97 bits per heavy atom. The van der Waals surface area contributed by atoms with Gasteiger partial charge >= 0.3 is 0 Å². The third-order valence-corrected chi connectivity index (χ3v) is 7.52. The topological polar surface area (TPSA) is 85.7 Å². The molecule has 0 aliphatic rings. The molecule has 7 nitrogen and oxygen atoms in total. The Morgan fingerprint density at radius 1 is 1.19 bits per heavy atom. The SMILES string of the molecule is CCOc1ccc(C=NNC(=O)CSc2nnc(SCc3ccccc3Cl)s2)cc1OC. The third-order valence-electron chi connectivity index (χ3n) is 3.91. The predicted octanol–water partition coefficient (Wildman–Crippen LogP) is 5.13. The van der Waals surface area contributed by atoms with Gasteiger partial charge in [-0.05, 0) is 42.3 Å². The van der Waals surface area contributed by atoms with Crippen molar-refractivity contribution in [3.8, 4) is 11.5 Å². The van der Waals surface area contributed by atoms with E-state index in [-0.39, 0.29) is 11.7 Å². The maximum Gasteiger partial charge on any atom is 0.250 e. The molecule has 0 fully saturated rings. The molecule has 0 saturated carbocycles. The lowest BCUT2D eigenvalue weighted by Crippen LogP contribution is -2.19. The summed E-state index contributed by atoms with van der Waals surface area (Å²) >= 11 is 10.5. The van der Waals surface area contributed by atoms with Crippen LogP contribution in [0.15, 0.2) is 56.2 Å². The summed E-state index contributed by atoms with van der Waals surface area (Å²) in [6, 6.07) is 13.1. The fourth-order valence-corrected chi connectivity index (χ4v) is 5.54. The van der Waals surface area contributed by atoms with Gasteiger partial charge in [-0.3, -0.25) is 4.79 Å². The number of hydrazone groups is 1. The largest absolute Gasteiger partial charge is 0.493 e. The number of aromatic nitrogens is 2. The molecule has 0 spiro atoms. The molecule has 11 heteroatoms. The Kier molecular flexibility index (Phi) is 9.66. The smallest absolute Gasteiger partial charge is 0.250 e. The first-order valence-corrected chi connectivity index (χ1v) is 12.7. The molecule has 1 aromatic heterocycles. The number of rotatable bonds is 11. The Labute approximate surface area is 204 Å². The van der Waals surface area contributed by atoms with Gasteiger partial charge in [0.1, 0.15) is 0 Å². The highest BCUT2D eigenvalue weighted by Crippen LogP contribution is 2.32. The average Bonchev–Trinajstić information content (AvgIpc) is 3.26. The Morgan fingerprint density at radius 3 is 2.72 bits per heavy atom. The molecule has 2 aromatic carbocycles. The second kappa shape index (κ2) is 12.7. The minimum absolute atomic E-state index is 0.188. The molecule has 1 N–H and O–H groups in total. The van der Waals surface area contributed by atoms with Gasteiger partial charge in [0, 0.05) is 10.8 Å². The number of thioether (sulfide) groups is 2. The van der Waals surface area contributed by atoms with Gasteiger partial charge in [-0.1, -0.05) is 64.7 Å². The number of hydrogen-bond acceptors (Lipinski definition) is 9. The van der Waals surface area contributed by atoms with E-state index in [0.29, 0.717) is 23.9 Å². The molecule has 0 radical (unpaired) electrons. The van der Waals surface area contributed by atoms with E-state index in [1.807, 2.05) is 37.3 Å². The van der Waals surface area contributed by atoms with Crippen molar-refractivity contribution < 1.29 is 14.3 Å². The summed E-state index contributed by atoms with van der Waals surface area (Å²) in [5.41, 5.74) is 4.34. The van der Waals surface area contributed by atoms with E-state index in [0.717, 1.165) is 24.8 Å². The number of hydrogen-bond donors (Lipinski definition) is 1. The first-order chi connectivity index (χ1) is 15.6. The highest BCUT2D eigenvalue weighted by Gasteiger charge is 2.10. The number of amides is 1. The van der Waals surface area contributed by atoms with Gasteiger partial charge in [-0.25, -0.2) is 5.43 Å². The molecule has 3 rings (SSSR count). The number of ether oxygens (including phenoxy) is 2. The molecule has 0 saturated heterocycles. The third kappa shape index (κ3) is 7.40. The fraction of sp³-hybridized carbons (Fsp3) is 0.238. The zero-order chi connectivity index (χ0) is 22.8. The van der Waals surface area contributed by atoms with Crippen molar-refractivity contribution in [2.45, 2.75) is 21.4 Å². The van der Waals surface area contributed by atoms with Crippen LogP contribution >= 0.6 is 46.5 Å². The highest BCUT2D eigenvalue weighted by molar-refractivity contribution is 8.03. The zero-order valence-corrected chi connectivity index (χ0v) is 20.6. The molecular formula is C21H21ClN4O3S3. The fourth-order valence-electron chi connectivity index (χ4n) is 2.45. The monoisotopic (exact) mass is 508 g/mol. The normalized spacial score (nSPS) is 11.0. The first kappa shape index (κ1) is 24.4. The molecular weight excluding hydrogens is 488 g/mol. The lowest BCUT2D eigenvalue weighted by Gasteiger charge is -2.09. The standard InChI is InChI=1S/C21H21ClN4O3S3/c1-3-29-17-9-8-14(10-18(17)28-2)11-23-24-19(27)13-31-21-26-25-20(32-21)30-12-15-6-4-5-7-16(15)22/h4-11H,3,12-13H2,1-2H3,(H,24,27). The van der Waals surface area contributed by atoms with Crippen LogP contribution in [0.25, 0.3) is 0 Å². The molecule has 0 atom stereocenters. The molecule has 1 heterocycles. The van der Waals surface area contributed by atoms with E-state index in [9.17, 15) is 4.79 Å². The van der Waals surface area contributed by atoms with E-state index in [1.165, 1.54) is 23.1 Å². The molecule has 168 valence electrons. The minimum atomic E-state index is -0.232. The van der Waals surface area contributed by atoms with Crippen molar-refractivity contribution >= 4 is 58.6 Å². The van der Waals surface area contributed by atoms with Crippen LogP contribution in [0.5, 0.6) is 11.5 Å². The molecule has 1 amide bonds. The summed E-state index contributed by atoms with van der Waals surface area (Å²) in [6.45, 7) is 2.46. The highest BCUT2D eigenvalue weighted by atomic mass is 35.5. The number of benzene rings is 2. The van der Waals surface area contributed by atoms with Crippen LogP contribution in [0, 0.1) is 0 Å². The van der Waals surface area contributed by atoms with Crippen molar-refractivity contribution in [3.63, 3.8) is 0 Å². The van der Waals surface area contributed by atoms with Crippen LogP contribution in [0.4, 0.5) is 0 Å². The quantitative estimate of drug-likeness (QED) is 0.218. The van der Waals surface area contributed by atoms with Gasteiger partial charge in [0.2, 0.25) is 0 Å². The summed E-state index contributed by atoms with van der Waals surface area (Å²) in [7, 11) is 1.58. The second-order valence-corrected chi connectivity index (χ2v) is 9.97. The maximum absolute atomic E-state index is 12.1. The molecule has 0 unspecified atom stereocenters. The Hall–Kier alpha value is -2.27. The molecule has 3 aromatic rings. The van der Waals surface area contributed by atoms with Crippen molar-refractivity contribution in [1.82, 2.24) is 15.6 Å². The van der Waals surface area contributed by atoms with Gasteiger partial charge < -0.3 is 9.47 Å². The minimum Gasteiger partial charge on any atom is -0.493 e. The van der Waals surface area contributed by atoms with Crippen LogP contribution in [-0.4, -0.2) is 41.8 Å². The summed E-state index contributed by atoms with van der Waals surface area (Å²) in [4.78, 5) is 12.1. The number of methoxy groups -OCH3 is 1. The van der Waals surface area contributed by atoms with Gasteiger partial charge in [0.05, 0.1) is 25.7 Å². The Bertz CT molecular complexity index is 1080. The lowest BCUT2D eigenvalue weighted by atomic mass is 10.2. The van der Waals surface area contributed by atoms with Crippen molar-refractivity contribution in [2.75, 3.05) is 19.5 Å². The van der Waals surface area contributed by atoms with Crippen LogP contribution in [0.1, 0.15) is 18.1 Å². The van der Waals surface area contributed by atoms with Crippen molar-refractivity contribution in [1.29, 1.82) is 0 Å². The molecule has 0 bridgehead atoms. The summed E-state index contributed by atoms with van der Waals surface area (Å²) < 4.78 is 12.3. The number of carbonyl (C=O) groups excluding carboxylic acids is 1. The van der Waals surface area contributed by atoms with E-state index in [1.54, 1.807) is 37.2 Å². The number of nitrogens with one attached hydrogen (secondary N) is 1. The maximum atomic E-state index is 12.1. The predicted molar refractivity (Wildman–Crippen MR) is 132 cm³/mol. The van der Waals surface area contributed by atoms with E-state index >= 15 is 0 Å². The lowest BCUT2D eigenvalue weighted by molar-refractivity contribution is -0.118. The van der Waals surface area contributed by atoms with Crippen molar-refractivity contribution in [3.05, 3.63) is 58.6 Å². The summed E-state index contributed by atoms with van der Waals surface area (Å²) in [5.74, 6) is 1.94. The average molecular weight is 509 g/mol. The Balaban J connectivity index is 1.44. The van der Waals surface area contributed by atoms with Crippen molar-refractivity contribution in [2.24, 2.45) is 5.10 Å². The molecule has 32 heavy (non-hydrogen) atoms. The summed E-state index contributed by atoms with van der Waals surface area (Å²) in [6.07, 6.45) is 1.55. The second-order valence-electron chi connectivity index (χ2n) is 6.14. The van der Waals surface area contributed by atoms with Gasteiger partial charge in [-0.2, -0.15) is 5.10 Å². The number of halogens is 1. The van der Waals surface area contributed by atoms with Crippen LogP contribution < -0.4 is 14.9 Å². The van der Waals surface area contributed by atoms with Gasteiger partial charge in [-0.15, -0.1) is 10.2 Å². The van der Waals surface area contributed by atoms with E-state index < -0.39 is 0 Å². The van der Waals surface area contributed by atoms with Crippen LogP contribution in [0.3, 0.4) is 0 Å². The van der Waals surface area contributed by atoms with Gasteiger partial charge in [0.15, 0.2) is 20.2 Å². The van der Waals surface area contributed by atoms with E-state index in [4.69, 9.17) is 21.1 Å². The molecule has 0 aliphatic carbocycles. The van der Waals surface area contributed by atoms with Crippen LogP contribution in [0.2, 0.25) is 5.02 Å². The number of nitrogens with zero attached hydrogens (tertiary/aromatic N) is 3. The first-order valence-electron chi connectivity index (χ1n) is 9.54. The number of carbonyl (C=O) groups is 1. The molecule has 0 aliphatic heterocycles. The van der Waals surface area contributed by atoms with Crippen LogP contribution in [-0.2, 0) is 10.5 Å². The summed E-state index contributed by atoms with van der Waals surface area (Å²) in [5, 5.41) is 13.0.